The summed E-state index contributed by atoms with van der Waals surface area (Å²) in [7, 11) is 0. The number of tetrazole rings is 1. The van der Waals surface area contributed by atoms with E-state index in [9.17, 15) is 5.21 Å². The van der Waals surface area contributed by atoms with Crippen LogP contribution in [0, 0.1) is 5.21 Å². The lowest BCUT2D eigenvalue weighted by molar-refractivity contribution is -0.887. The first-order chi connectivity index (χ1) is 13.7. The molecule has 0 saturated carbocycles. The number of hydrazine groups is 1. The molecule has 1 aromatic heterocycles. The third-order valence-corrected chi connectivity index (χ3v) is 5.06. The predicted molar refractivity (Wildman–Crippen MR) is 107 cm³/mol. The molecule has 4 rings (SSSR count). The molecule has 0 radical (unpaired) electrons. The Labute approximate surface area is 164 Å². The predicted octanol–water partition coefficient (Wildman–Crippen LogP) is 2.88. The van der Waals surface area contributed by atoms with E-state index < -0.39 is 0 Å². The molecular weight excluding hydrogens is 354 g/mol. The van der Waals surface area contributed by atoms with Gasteiger partial charge in [0.15, 0.2) is 5.82 Å². The van der Waals surface area contributed by atoms with Gasteiger partial charge < -0.3 is 9.85 Å². The minimum atomic E-state index is -0.261. The Hall–Kier alpha value is -2.65. The van der Waals surface area contributed by atoms with E-state index in [0.29, 0.717) is 25.7 Å². The SMILES string of the molecule is CCCCN1C[N+]([O-])(Cc2ccc(-c3ccccc3-c3nnn[nH]3)cc2)CN1. The molecule has 1 fully saturated rings. The summed E-state index contributed by atoms with van der Waals surface area (Å²) >= 11 is 0. The molecule has 0 amide bonds. The normalized spacial score (nSPS) is 19.9. The average molecular weight is 379 g/mol. The summed E-state index contributed by atoms with van der Waals surface area (Å²) in [5, 5.41) is 29.2. The van der Waals surface area contributed by atoms with Crippen molar-refractivity contribution in [2.45, 2.75) is 26.3 Å². The molecule has 0 aliphatic carbocycles. The number of aromatic nitrogens is 4. The van der Waals surface area contributed by atoms with Crippen molar-refractivity contribution in [1.82, 2.24) is 31.1 Å². The second kappa shape index (κ2) is 8.15. The van der Waals surface area contributed by atoms with Crippen LogP contribution in [0.25, 0.3) is 22.5 Å². The second-order valence-electron chi connectivity index (χ2n) is 7.28. The molecular formula is C20H25N7O. The second-order valence-corrected chi connectivity index (χ2v) is 7.28. The Balaban J connectivity index is 1.48. The van der Waals surface area contributed by atoms with E-state index in [1.807, 2.05) is 41.4 Å². The number of hydrogen-bond acceptors (Lipinski definition) is 6. The smallest absolute Gasteiger partial charge is 0.180 e. The zero-order chi connectivity index (χ0) is 19.4. The molecule has 1 aliphatic heterocycles. The molecule has 3 aromatic rings. The zero-order valence-electron chi connectivity index (χ0n) is 16.0. The number of benzene rings is 2. The van der Waals surface area contributed by atoms with Crippen LogP contribution in [-0.2, 0) is 6.54 Å². The molecule has 8 nitrogen and oxygen atoms in total. The summed E-state index contributed by atoms with van der Waals surface area (Å²) in [6.45, 7) is 4.46. The van der Waals surface area contributed by atoms with Crippen LogP contribution in [0.1, 0.15) is 25.3 Å². The van der Waals surface area contributed by atoms with E-state index in [4.69, 9.17) is 0 Å². The minimum Gasteiger partial charge on any atom is -0.631 e. The number of quaternary nitrogens is 1. The third-order valence-electron chi connectivity index (χ3n) is 5.06. The maximum Gasteiger partial charge on any atom is 0.180 e. The Morgan fingerprint density at radius 3 is 2.61 bits per heavy atom. The number of nitrogens with zero attached hydrogens (tertiary/aromatic N) is 5. The van der Waals surface area contributed by atoms with Gasteiger partial charge in [0, 0.05) is 17.7 Å². The summed E-state index contributed by atoms with van der Waals surface area (Å²) in [6, 6.07) is 16.2. The number of nitrogens with one attached hydrogen (secondary N) is 2. The van der Waals surface area contributed by atoms with E-state index in [2.05, 4.69) is 45.1 Å². The standard InChI is InChI=1S/C20H25N7O/c1-2-3-12-26-15-27(28,14-21-26)13-16-8-10-17(11-9-16)18-6-4-5-7-19(18)20-22-24-25-23-20/h4-11,21H,2-3,12-15H2,1H3,(H,22,23,24,25). The van der Waals surface area contributed by atoms with Crippen molar-refractivity contribution in [3.05, 3.63) is 59.3 Å². The van der Waals surface area contributed by atoms with Crippen LogP contribution in [0.2, 0.25) is 0 Å². The van der Waals surface area contributed by atoms with Crippen molar-refractivity contribution in [2.24, 2.45) is 0 Å². The van der Waals surface area contributed by atoms with Gasteiger partial charge in [-0.05, 0) is 28.0 Å². The van der Waals surface area contributed by atoms with Crippen molar-refractivity contribution < 1.29 is 4.65 Å². The van der Waals surface area contributed by atoms with E-state index in [1.54, 1.807) is 0 Å². The molecule has 2 N–H and O–H groups in total. The van der Waals surface area contributed by atoms with Crippen molar-refractivity contribution in [3.63, 3.8) is 0 Å². The van der Waals surface area contributed by atoms with Crippen LogP contribution in [0.3, 0.4) is 0 Å². The maximum absolute atomic E-state index is 13.0. The molecule has 2 aromatic carbocycles. The quantitative estimate of drug-likeness (QED) is 0.484. The first-order valence-electron chi connectivity index (χ1n) is 9.65. The Bertz CT molecular complexity index is 897. The van der Waals surface area contributed by atoms with Gasteiger partial charge in [0.25, 0.3) is 0 Å². The van der Waals surface area contributed by atoms with Gasteiger partial charge in [0.1, 0.15) is 19.9 Å². The van der Waals surface area contributed by atoms with Gasteiger partial charge in [-0.2, -0.15) is 5.01 Å². The van der Waals surface area contributed by atoms with Crippen molar-refractivity contribution in [2.75, 3.05) is 19.9 Å². The highest BCUT2D eigenvalue weighted by molar-refractivity contribution is 5.80. The molecule has 0 spiro atoms. The van der Waals surface area contributed by atoms with Crippen LogP contribution in [0.4, 0.5) is 0 Å². The lowest BCUT2D eigenvalue weighted by atomic mass is 9.98. The summed E-state index contributed by atoms with van der Waals surface area (Å²) in [4.78, 5) is 0. The van der Waals surface area contributed by atoms with Gasteiger partial charge in [0.2, 0.25) is 0 Å². The molecule has 28 heavy (non-hydrogen) atoms. The molecule has 1 aliphatic rings. The molecule has 1 unspecified atom stereocenters. The van der Waals surface area contributed by atoms with E-state index in [-0.39, 0.29) is 4.65 Å². The molecule has 1 saturated heterocycles. The number of rotatable bonds is 7. The van der Waals surface area contributed by atoms with Crippen LogP contribution >= 0.6 is 0 Å². The van der Waals surface area contributed by atoms with Gasteiger partial charge in [0.05, 0.1) is 0 Å². The lowest BCUT2D eigenvalue weighted by Gasteiger charge is -2.37. The number of unbranched alkanes of at least 4 members (excludes halogenated alkanes) is 1. The summed E-state index contributed by atoms with van der Waals surface area (Å²) < 4.78 is -0.261. The number of H-pyrrole nitrogens is 1. The monoisotopic (exact) mass is 379 g/mol. The van der Waals surface area contributed by atoms with Gasteiger partial charge in [-0.15, -0.1) is 5.10 Å². The van der Waals surface area contributed by atoms with Crippen LogP contribution in [0.5, 0.6) is 0 Å². The largest absolute Gasteiger partial charge is 0.631 e. The van der Waals surface area contributed by atoms with Gasteiger partial charge >= 0.3 is 0 Å². The topological polar surface area (TPSA) is 92.8 Å². The summed E-state index contributed by atoms with van der Waals surface area (Å²) in [5.41, 5.74) is 7.33. The molecule has 1 atom stereocenters. The fraction of sp³-hybridized carbons (Fsp3) is 0.350. The van der Waals surface area contributed by atoms with Crippen molar-refractivity contribution >= 4 is 0 Å². The van der Waals surface area contributed by atoms with Crippen LogP contribution in [0.15, 0.2) is 48.5 Å². The Morgan fingerprint density at radius 2 is 1.89 bits per heavy atom. The highest BCUT2D eigenvalue weighted by Crippen LogP contribution is 2.30. The molecule has 2 heterocycles. The minimum absolute atomic E-state index is 0.261. The van der Waals surface area contributed by atoms with Crippen LogP contribution in [-0.4, -0.2) is 50.2 Å². The highest BCUT2D eigenvalue weighted by atomic mass is 16.6. The number of aromatic amines is 1. The van der Waals surface area contributed by atoms with Crippen LogP contribution < -0.4 is 5.43 Å². The number of hydrogen-bond donors (Lipinski definition) is 2. The maximum atomic E-state index is 13.0. The Morgan fingerprint density at radius 1 is 1.11 bits per heavy atom. The summed E-state index contributed by atoms with van der Waals surface area (Å²) in [6.07, 6.45) is 2.23. The van der Waals surface area contributed by atoms with Gasteiger partial charge in [-0.1, -0.05) is 61.9 Å². The van der Waals surface area contributed by atoms with E-state index in [1.165, 1.54) is 0 Å². The fourth-order valence-corrected chi connectivity index (χ4v) is 3.58. The first kappa shape index (κ1) is 18.7. The lowest BCUT2D eigenvalue weighted by Crippen LogP contribution is -2.40. The Kier molecular flexibility index (Phi) is 5.45. The van der Waals surface area contributed by atoms with E-state index >= 15 is 0 Å². The number of hydroxylamine groups is 3. The zero-order valence-corrected chi connectivity index (χ0v) is 16.0. The van der Waals surface area contributed by atoms with Crippen molar-refractivity contribution in [1.29, 1.82) is 0 Å². The molecule has 0 bridgehead atoms. The van der Waals surface area contributed by atoms with E-state index in [0.717, 1.165) is 41.6 Å². The highest BCUT2D eigenvalue weighted by Gasteiger charge is 2.28. The fourth-order valence-electron chi connectivity index (χ4n) is 3.58. The summed E-state index contributed by atoms with van der Waals surface area (Å²) in [5.74, 6) is 0.638. The third kappa shape index (κ3) is 4.10. The van der Waals surface area contributed by atoms with Crippen molar-refractivity contribution in [3.8, 4) is 22.5 Å². The molecule has 8 heteroatoms. The first-order valence-corrected chi connectivity index (χ1v) is 9.65. The van der Waals surface area contributed by atoms with Gasteiger partial charge in [-0.3, -0.25) is 0 Å². The average Bonchev–Trinajstić information content (AvgIpc) is 3.37. The van der Waals surface area contributed by atoms with Gasteiger partial charge in [-0.25, -0.2) is 10.5 Å². The molecule has 146 valence electrons.